The SMILES string of the molecule is CN(C)c1ccc(Br)c(S(=O)(=O)NC2CCNCC2)c1.Cl. The zero-order valence-electron chi connectivity index (χ0n) is 12.1. The summed E-state index contributed by atoms with van der Waals surface area (Å²) in [6.45, 7) is 1.71. The first-order valence-corrected chi connectivity index (χ1v) is 8.88. The number of nitrogens with one attached hydrogen (secondary N) is 2. The minimum absolute atomic E-state index is 0. The van der Waals surface area contributed by atoms with Crippen LogP contribution < -0.4 is 14.9 Å². The Balaban J connectivity index is 0.00000220. The monoisotopic (exact) mass is 397 g/mol. The van der Waals surface area contributed by atoms with Crippen molar-refractivity contribution in [3.63, 3.8) is 0 Å². The first-order chi connectivity index (χ1) is 9.40. The molecular weight excluding hydrogens is 378 g/mol. The summed E-state index contributed by atoms with van der Waals surface area (Å²) in [4.78, 5) is 2.18. The maximum Gasteiger partial charge on any atom is 0.242 e. The molecule has 0 atom stereocenters. The van der Waals surface area contributed by atoms with Gasteiger partial charge in [-0.25, -0.2) is 13.1 Å². The highest BCUT2D eigenvalue weighted by Crippen LogP contribution is 2.27. The third kappa shape index (κ3) is 4.82. The van der Waals surface area contributed by atoms with E-state index in [4.69, 9.17) is 0 Å². The van der Waals surface area contributed by atoms with Gasteiger partial charge in [-0.2, -0.15) is 0 Å². The Morgan fingerprint density at radius 1 is 1.29 bits per heavy atom. The highest BCUT2D eigenvalue weighted by Gasteiger charge is 2.24. The van der Waals surface area contributed by atoms with E-state index in [1.807, 2.05) is 25.1 Å². The molecule has 0 unspecified atom stereocenters. The van der Waals surface area contributed by atoms with Gasteiger partial charge in [0.25, 0.3) is 0 Å². The van der Waals surface area contributed by atoms with Crippen LogP contribution in [-0.4, -0.2) is 41.6 Å². The van der Waals surface area contributed by atoms with Gasteiger partial charge in [-0.15, -0.1) is 12.4 Å². The fourth-order valence-corrected chi connectivity index (χ4v) is 4.49. The van der Waals surface area contributed by atoms with Crippen LogP contribution in [0.2, 0.25) is 0 Å². The van der Waals surface area contributed by atoms with E-state index < -0.39 is 10.0 Å². The summed E-state index contributed by atoms with van der Waals surface area (Å²) in [7, 11) is 0.280. The topological polar surface area (TPSA) is 61.4 Å². The average Bonchev–Trinajstić information content (AvgIpc) is 2.39. The van der Waals surface area contributed by atoms with Crippen LogP contribution in [0.4, 0.5) is 5.69 Å². The van der Waals surface area contributed by atoms with Crippen LogP contribution in [0.5, 0.6) is 0 Å². The Bertz CT molecular complexity index is 575. The van der Waals surface area contributed by atoms with Gasteiger partial charge in [0.05, 0.1) is 4.90 Å². The molecule has 1 aromatic carbocycles. The van der Waals surface area contributed by atoms with Crippen LogP contribution in [-0.2, 0) is 10.0 Å². The molecule has 1 aromatic rings. The van der Waals surface area contributed by atoms with Gasteiger partial charge < -0.3 is 10.2 Å². The zero-order valence-corrected chi connectivity index (χ0v) is 15.3. The molecule has 1 fully saturated rings. The fraction of sp³-hybridized carbons (Fsp3) is 0.538. The van der Waals surface area contributed by atoms with Crippen molar-refractivity contribution in [3.05, 3.63) is 22.7 Å². The number of piperidine rings is 1. The molecule has 1 heterocycles. The molecule has 1 aliphatic heterocycles. The third-order valence-corrected chi connectivity index (χ3v) is 5.90. The van der Waals surface area contributed by atoms with Crippen molar-refractivity contribution in [2.45, 2.75) is 23.8 Å². The summed E-state index contributed by atoms with van der Waals surface area (Å²) < 4.78 is 28.4. The molecular formula is C13H21BrClN3O2S. The molecule has 2 N–H and O–H groups in total. The van der Waals surface area contributed by atoms with E-state index in [9.17, 15) is 8.42 Å². The molecule has 1 saturated heterocycles. The lowest BCUT2D eigenvalue weighted by Crippen LogP contribution is -2.42. The number of hydrogen-bond donors (Lipinski definition) is 2. The molecule has 0 radical (unpaired) electrons. The second kappa shape index (κ2) is 7.78. The number of hydrogen-bond acceptors (Lipinski definition) is 4. The molecule has 1 aliphatic rings. The normalized spacial score (nSPS) is 16.3. The van der Waals surface area contributed by atoms with E-state index >= 15 is 0 Å². The summed E-state index contributed by atoms with van der Waals surface area (Å²) >= 11 is 3.33. The first-order valence-electron chi connectivity index (χ1n) is 6.60. The molecule has 0 aromatic heterocycles. The van der Waals surface area contributed by atoms with Crippen molar-refractivity contribution in [1.29, 1.82) is 0 Å². The number of benzene rings is 1. The summed E-state index contributed by atoms with van der Waals surface area (Å²) in [5.41, 5.74) is 0.860. The van der Waals surface area contributed by atoms with E-state index in [2.05, 4.69) is 26.0 Å². The van der Waals surface area contributed by atoms with Gasteiger partial charge in [0.1, 0.15) is 0 Å². The Labute approximate surface area is 141 Å². The Morgan fingerprint density at radius 2 is 1.90 bits per heavy atom. The van der Waals surface area contributed by atoms with Gasteiger partial charge in [-0.3, -0.25) is 0 Å². The second-order valence-electron chi connectivity index (χ2n) is 5.15. The van der Waals surface area contributed by atoms with Crippen molar-refractivity contribution in [2.24, 2.45) is 0 Å². The second-order valence-corrected chi connectivity index (χ2v) is 7.69. The predicted molar refractivity (Wildman–Crippen MR) is 91.9 cm³/mol. The van der Waals surface area contributed by atoms with E-state index in [-0.39, 0.29) is 18.4 Å². The van der Waals surface area contributed by atoms with Gasteiger partial charge in [0, 0.05) is 30.3 Å². The zero-order chi connectivity index (χ0) is 14.8. The number of rotatable bonds is 4. The maximum absolute atomic E-state index is 12.5. The number of anilines is 1. The van der Waals surface area contributed by atoms with Crippen molar-refractivity contribution in [1.82, 2.24) is 10.0 Å². The van der Waals surface area contributed by atoms with Crippen molar-refractivity contribution >= 4 is 44.0 Å². The third-order valence-electron chi connectivity index (χ3n) is 3.38. The molecule has 120 valence electrons. The highest BCUT2D eigenvalue weighted by atomic mass is 79.9. The highest BCUT2D eigenvalue weighted by molar-refractivity contribution is 9.10. The van der Waals surface area contributed by atoms with Gasteiger partial charge in [0.15, 0.2) is 0 Å². The first kappa shape index (κ1) is 18.7. The van der Waals surface area contributed by atoms with Gasteiger partial charge in [0.2, 0.25) is 10.0 Å². The lowest BCUT2D eigenvalue weighted by Gasteiger charge is -2.24. The van der Waals surface area contributed by atoms with E-state index in [0.717, 1.165) is 31.6 Å². The number of halogens is 2. The van der Waals surface area contributed by atoms with E-state index in [1.54, 1.807) is 12.1 Å². The minimum atomic E-state index is -3.50. The summed E-state index contributed by atoms with van der Waals surface area (Å²) in [6, 6.07) is 5.35. The molecule has 0 bridgehead atoms. The van der Waals surface area contributed by atoms with Crippen molar-refractivity contribution in [3.8, 4) is 0 Å². The Kier molecular flexibility index (Phi) is 6.93. The Morgan fingerprint density at radius 3 is 2.48 bits per heavy atom. The fourth-order valence-electron chi connectivity index (χ4n) is 2.20. The average molecular weight is 399 g/mol. The lowest BCUT2D eigenvalue weighted by atomic mass is 10.1. The largest absolute Gasteiger partial charge is 0.378 e. The van der Waals surface area contributed by atoms with Crippen LogP contribution in [0, 0.1) is 0 Å². The van der Waals surface area contributed by atoms with Crippen LogP contribution in [0.25, 0.3) is 0 Å². The van der Waals surface area contributed by atoms with Gasteiger partial charge in [-0.1, -0.05) is 0 Å². The standard InChI is InChI=1S/C13H20BrN3O2S.ClH/c1-17(2)11-3-4-12(14)13(9-11)20(18,19)16-10-5-7-15-8-6-10;/h3-4,9-10,15-16H,5-8H2,1-2H3;1H. The molecule has 2 rings (SSSR count). The maximum atomic E-state index is 12.5. The summed E-state index contributed by atoms with van der Waals surface area (Å²) in [5, 5.41) is 3.22. The Hall–Kier alpha value is -0.340. The van der Waals surface area contributed by atoms with Crippen LogP contribution in [0.1, 0.15) is 12.8 Å². The molecule has 8 heteroatoms. The molecule has 0 spiro atoms. The van der Waals surface area contributed by atoms with Gasteiger partial charge in [-0.05, 0) is 60.1 Å². The van der Waals surface area contributed by atoms with Gasteiger partial charge >= 0.3 is 0 Å². The smallest absolute Gasteiger partial charge is 0.242 e. The van der Waals surface area contributed by atoms with Crippen LogP contribution >= 0.6 is 28.3 Å². The van der Waals surface area contributed by atoms with Crippen LogP contribution in [0.3, 0.4) is 0 Å². The molecule has 0 aliphatic carbocycles. The molecule has 0 saturated carbocycles. The molecule has 21 heavy (non-hydrogen) atoms. The predicted octanol–water partition coefficient (Wildman–Crippen LogP) is 1.97. The minimum Gasteiger partial charge on any atom is -0.378 e. The molecule has 0 amide bonds. The summed E-state index contributed by atoms with van der Waals surface area (Å²) in [5.74, 6) is 0. The number of sulfonamides is 1. The lowest BCUT2D eigenvalue weighted by molar-refractivity contribution is 0.427. The summed E-state index contributed by atoms with van der Waals surface area (Å²) in [6.07, 6.45) is 1.65. The number of nitrogens with zero attached hydrogens (tertiary/aromatic N) is 1. The quantitative estimate of drug-likeness (QED) is 0.814. The van der Waals surface area contributed by atoms with Crippen molar-refractivity contribution < 1.29 is 8.42 Å². The van der Waals surface area contributed by atoms with E-state index in [1.165, 1.54) is 0 Å². The van der Waals surface area contributed by atoms with E-state index in [0.29, 0.717) is 9.37 Å². The van der Waals surface area contributed by atoms with Crippen molar-refractivity contribution in [2.75, 3.05) is 32.1 Å². The van der Waals surface area contributed by atoms with Crippen LogP contribution in [0.15, 0.2) is 27.6 Å². The molecule has 5 nitrogen and oxygen atoms in total.